The van der Waals surface area contributed by atoms with E-state index in [1.165, 1.54) is 12.1 Å². The van der Waals surface area contributed by atoms with Crippen molar-refractivity contribution in [3.8, 4) is 0 Å². The number of nitrogens with one attached hydrogen (secondary N) is 2. The molecule has 9 heteroatoms. The van der Waals surface area contributed by atoms with Crippen molar-refractivity contribution in [2.75, 3.05) is 45.9 Å². The zero-order valence-electron chi connectivity index (χ0n) is 15.8. The summed E-state index contributed by atoms with van der Waals surface area (Å²) in [6.07, 6.45) is 0. The van der Waals surface area contributed by atoms with E-state index in [1.807, 2.05) is 13.8 Å². The molecule has 154 valence electrons. The molecule has 0 aromatic heterocycles. The molecule has 1 aromatic rings. The summed E-state index contributed by atoms with van der Waals surface area (Å²) < 4.78 is 19.6. The maximum Gasteiger partial charge on any atom is 0.191 e. The summed E-state index contributed by atoms with van der Waals surface area (Å²) in [4.78, 5) is 6.68. The van der Waals surface area contributed by atoms with Crippen molar-refractivity contribution < 1.29 is 14.2 Å². The highest BCUT2D eigenvalue weighted by atomic mass is 127. The molecule has 1 saturated heterocycles. The molecule has 1 aromatic carbocycles. The van der Waals surface area contributed by atoms with Crippen molar-refractivity contribution in [2.24, 2.45) is 4.99 Å². The Morgan fingerprint density at radius 1 is 1.37 bits per heavy atom. The number of aliphatic imine (C=N–C) groups is 1. The number of nitrogens with zero attached hydrogens (tertiary/aromatic N) is 2. The molecular weight excluding hydrogens is 530 g/mol. The van der Waals surface area contributed by atoms with Crippen LogP contribution in [0.25, 0.3) is 0 Å². The molecule has 0 bridgehead atoms. The van der Waals surface area contributed by atoms with Gasteiger partial charge in [0.25, 0.3) is 0 Å². The molecule has 0 radical (unpaired) electrons. The number of β-amino-alcohol motifs (C(OH)–C–C–N with tert-alkyl or cyclic N) is 1. The summed E-state index contributed by atoms with van der Waals surface area (Å²) in [5.74, 6) is 0.302. The molecule has 1 fully saturated rings. The Hall–Kier alpha value is -0.490. The lowest BCUT2D eigenvalue weighted by Crippen LogP contribution is -2.52. The molecule has 0 spiro atoms. The molecule has 27 heavy (non-hydrogen) atoms. The van der Waals surface area contributed by atoms with Crippen LogP contribution in [0.5, 0.6) is 0 Å². The minimum Gasteiger partial charge on any atom is -0.387 e. The average Bonchev–Trinajstić information content (AvgIpc) is 2.60. The predicted octanol–water partition coefficient (Wildman–Crippen LogP) is 2.34. The van der Waals surface area contributed by atoms with Crippen LogP contribution in [0.4, 0.5) is 4.39 Å². The van der Waals surface area contributed by atoms with Crippen LogP contribution < -0.4 is 10.6 Å². The molecule has 0 amide bonds. The smallest absolute Gasteiger partial charge is 0.191 e. The minimum atomic E-state index is -0.896. The molecule has 1 aliphatic rings. The number of benzene rings is 1. The molecule has 0 saturated carbocycles. The number of hydrogen-bond acceptors (Lipinski definition) is 4. The van der Waals surface area contributed by atoms with Gasteiger partial charge in [0.2, 0.25) is 0 Å². The maximum atomic E-state index is 13.4. The second-order valence-electron chi connectivity index (χ2n) is 6.67. The van der Waals surface area contributed by atoms with Gasteiger partial charge in [0, 0.05) is 37.2 Å². The lowest BCUT2D eigenvalue weighted by molar-refractivity contribution is -0.0201. The third-order valence-corrected chi connectivity index (χ3v) is 4.84. The topological polar surface area (TPSA) is 69.1 Å². The van der Waals surface area contributed by atoms with Gasteiger partial charge in [0.1, 0.15) is 5.82 Å². The van der Waals surface area contributed by atoms with Gasteiger partial charge in [-0.3, -0.25) is 4.90 Å². The van der Waals surface area contributed by atoms with E-state index in [-0.39, 0.29) is 29.8 Å². The van der Waals surface area contributed by atoms with Crippen LogP contribution in [-0.4, -0.2) is 67.5 Å². The lowest BCUT2D eigenvalue weighted by atomic mass is 10.1. The second-order valence-corrected chi connectivity index (χ2v) is 7.52. The highest BCUT2D eigenvalue weighted by Crippen LogP contribution is 2.18. The molecule has 1 aliphatic heterocycles. The molecule has 1 atom stereocenters. The van der Waals surface area contributed by atoms with Crippen LogP contribution in [0, 0.1) is 5.82 Å². The second kappa shape index (κ2) is 12.2. The van der Waals surface area contributed by atoms with Crippen molar-refractivity contribution in [3.05, 3.63) is 34.1 Å². The first kappa shape index (κ1) is 24.5. The van der Waals surface area contributed by atoms with E-state index in [2.05, 4.69) is 36.5 Å². The van der Waals surface area contributed by atoms with E-state index in [1.54, 1.807) is 6.07 Å². The Balaban J connectivity index is 0.00000364. The fraction of sp³-hybridized carbons (Fsp3) is 0.611. The van der Waals surface area contributed by atoms with Crippen LogP contribution in [0.2, 0.25) is 0 Å². The summed E-state index contributed by atoms with van der Waals surface area (Å²) in [5.41, 5.74) is -0.130. The van der Waals surface area contributed by atoms with Crippen molar-refractivity contribution in [1.29, 1.82) is 0 Å². The number of rotatable bonds is 7. The van der Waals surface area contributed by atoms with E-state index in [4.69, 9.17) is 4.74 Å². The standard InChI is InChI=1S/C18H28BrFN4O2.HI/c1-3-21-17(22-11-14-10-15(20)4-5-16(14)19)23-12-18(2,25)13-24-6-8-26-9-7-24;/h4-5,10,25H,3,6-9,11-13H2,1-2H3,(H2,21,22,23);1H. The van der Waals surface area contributed by atoms with Gasteiger partial charge in [-0.25, -0.2) is 9.38 Å². The first-order valence-corrected chi connectivity index (χ1v) is 9.67. The van der Waals surface area contributed by atoms with Crippen molar-refractivity contribution in [1.82, 2.24) is 15.5 Å². The summed E-state index contributed by atoms with van der Waals surface area (Å²) in [6.45, 7) is 8.81. The van der Waals surface area contributed by atoms with E-state index in [0.717, 1.165) is 23.1 Å². The maximum absolute atomic E-state index is 13.4. The van der Waals surface area contributed by atoms with E-state index >= 15 is 0 Å². The minimum absolute atomic E-state index is 0. The summed E-state index contributed by atoms with van der Waals surface area (Å²) in [6, 6.07) is 4.54. The van der Waals surface area contributed by atoms with Crippen LogP contribution in [0.3, 0.4) is 0 Å². The van der Waals surface area contributed by atoms with Gasteiger partial charge in [-0.15, -0.1) is 24.0 Å². The fourth-order valence-corrected chi connectivity index (χ4v) is 3.11. The Kier molecular flexibility index (Phi) is 11.0. The van der Waals surface area contributed by atoms with Crippen molar-refractivity contribution in [2.45, 2.75) is 26.0 Å². The molecule has 6 nitrogen and oxygen atoms in total. The SMILES string of the molecule is CCNC(=NCc1cc(F)ccc1Br)NCC(C)(O)CN1CCOCC1.I. The van der Waals surface area contributed by atoms with E-state index in [9.17, 15) is 9.50 Å². The van der Waals surface area contributed by atoms with Gasteiger partial charge >= 0.3 is 0 Å². The van der Waals surface area contributed by atoms with Crippen LogP contribution in [-0.2, 0) is 11.3 Å². The molecule has 1 unspecified atom stereocenters. The predicted molar refractivity (Wildman–Crippen MR) is 120 cm³/mol. The van der Waals surface area contributed by atoms with Gasteiger partial charge < -0.3 is 20.5 Å². The number of halogens is 3. The van der Waals surface area contributed by atoms with Gasteiger partial charge in [0.05, 0.1) is 25.4 Å². The Labute approximate surface area is 186 Å². The number of aliphatic hydroxyl groups is 1. The molecular formula is C18H29BrFIN4O2. The normalized spacial score (nSPS) is 17.7. The highest BCUT2D eigenvalue weighted by molar-refractivity contribution is 14.0. The molecule has 0 aliphatic carbocycles. The fourth-order valence-electron chi connectivity index (χ4n) is 2.74. The third-order valence-electron chi connectivity index (χ3n) is 4.06. The Morgan fingerprint density at radius 3 is 2.74 bits per heavy atom. The van der Waals surface area contributed by atoms with E-state index in [0.29, 0.717) is 45.4 Å². The van der Waals surface area contributed by atoms with Gasteiger partial charge in [0.15, 0.2) is 5.96 Å². The van der Waals surface area contributed by atoms with Crippen LogP contribution >= 0.6 is 39.9 Å². The molecule has 1 heterocycles. The quantitative estimate of drug-likeness (QED) is 0.272. The largest absolute Gasteiger partial charge is 0.387 e. The Bertz CT molecular complexity index is 613. The number of hydrogen-bond donors (Lipinski definition) is 3. The zero-order chi connectivity index (χ0) is 19.0. The lowest BCUT2D eigenvalue weighted by Gasteiger charge is -2.34. The average molecular weight is 559 g/mol. The van der Waals surface area contributed by atoms with Crippen molar-refractivity contribution in [3.63, 3.8) is 0 Å². The van der Waals surface area contributed by atoms with Crippen molar-refractivity contribution >= 4 is 45.9 Å². The summed E-state index contributed by atoms with van der Waals surface area (Å²) >= 11 is 3.41. The van der Waals surface area contributed by atoms with Gasteiger partial charge in [-0.05, 0) is 37.6 Å². The third kappa shape index (κ3) is 9.03. The first-order valence-electron chi connectivity index (χ1n) is 8.88. The van der Waals surface area contributed by atoms with Crippen LogP contribution in [0.1, 0.15) is 19.4 Å². The van der Waals surface area contributed by atoms with E-state index < -0.39 is 5.60 Å². The number of morpholine rings is 1. The Morgan fingerprint density at radius 2 is 2.07 bits per heavy atom. The summed E-state index contributed by atoms with van der Waals surface area (Å²) in [7, 11) is 0. The monoisotopic (exact) mass is 558 g/mol. The van der Waals surface area contributed by atoms with Gasteiger partial charge in [-0.2, -0.15) is 0 Å². The molecule has 2 rings (SSSR count). The number of ether oxygens (including phenoxy) is 1. The highest BCUT2D eigenvalue weighted by Gasteiger charge is 2.25. The van der Waals surface area contributed by atoms with Gasteiger partial charge in [-0.1, -0.05) is 15.9 Å². The summed E-state index contributed by atoms with van der Waals surface area (Å²) in [5, 5.41) is 17.0. The van der Waals surface area contributed by atoms with Crippen LogP contribution in [0.15, 0.2) is 27.7 Å². The zero-order valence-corrected chi connectivity index (χ0v) is 19.7. The first-order chi connectivity index (χ1) is 12.4. The number of guanidine groups is 1. The molecule has 3 N–H and O–H groups in total.